The number of phenols is 1. The molecule has 2 aromatic carbocycles. The van der Waals surface area contributed by atoms with Gasteiger partial charge in [-0.25, -0.2) is 0 Å². The molecule has 0 aliphatic rings. The zero-order valence-corrected chi connectivity index (χ0v) is 21.4. The number of aromatic hydroxyl groups is 1. The highest BCUT2D eigenvalue weighted by Crippen LogP contribution is 2.40. The Hall–Kier alpha value is -2.51. The Balaban J connectivity index is 1.88. The van der Waals surface area contributed by atoms with Crippen LogP contribution in [0.2, 0.25) is 0 Å². The standard InChI is InChI=1S/C25H26BrN3O2S/c1-24(2,3)16-11-14(12-17(20(16)30)25(4,5)6)13-19-22(31)29-23(32-19)27-21(28-29)15-9-7-8-10-18(15)26/h7-13,30H,1-6H3/b19-13-. The molecule has 4 aromatic rings. The van der Waals surface area contributed by atoms with Gasteiger partial charge in [0.1, 0.15) is 5.75 Å². The Kier molecular flexibility index (Phi) is 5.54. The Labute approximate surface area is 199 Å². The maximum absolute atomic E-state index is 13.1. The van der Waals surface area contributed by atoms with E-state index >= 15 is 0 Å². The topological polar surface area (TPSA) is 67.5 Å². The van der Waals surface area contributed by atoms with Gasteiger partial charge >= 0.3 is 0 Å². The number of halogens is 1. The van der Waals surface area contributed by atoms with Crippen molar-refractivity contribution in [3.05, 3.63) is 72.4 Å². The van der Waals surface area contributed by atoms with Crippen LogP contribution in [0.3, 0.4) is 0 Å². The normalized spacial score (nSPS) is 13.3. The van der Waals surface area contributed by atoms with Gasteiger partial charge in [0.2, 0.25) is 4.96 Å². The van der Waals surface area contributed by atoms with E-state index in [0.717, 1.165) is 26.7 Å². The van der Waals surface area contributed by atoms with Crippen molar-refractivity contribution in [1.82, 2.24) is 14.6 Å². The second kappa shape index (κ2) is 7.81. The predicted octanol–water partition coefficient (Wildman–Crippen LogP) is 5.43. The van der Waals surface area contributed by atoms with Crippen molar-refractivity contribution in [3.63, 3.8) is 0 Å². The summed E-state index contributed by atoms with van der Waals surface area (Å²) < 4.78 is 2.80. The molecule has 1 N–H and O–H groups in total. The first-order valence-electron chi connectivity index (χ1n) is 10.4. The minimum absolute atomic E-state index is 0.196. The highest BCUT2D eigenvalue weighted by molar-refractivity contribution is 9.10. The lowest BCUT2D eigenvalue weighted by Gasteiger charge is -2.27. The quantitative estimate of drug-likeness (QED) is 0.389. The SMILES string of the molecule is CC(C)(C)c1cc(/C=c2\sc3nc(-c4ccccc4Br)nn3c2=O)cc(C(C)(C)C)c1O. The van der Waals surface area contributed by atoms with Gasteiger partial charge < -0.3 is 5.11 Å². The van der Waals surface area contributed by atoms with E-state index < -0.39 is 0 Å². The van der Waals surface area contributed by atoms with Gasteiger partial charge in [-0.15, -0.1) is 5.10 Å². The van der Waals surface area contributed by atoms with E-state index in [1.807, 2.05) is 42.5 Å². The third-order valence-corrected chi connectivity index (χ3v) is 6.99. The van der Waals surface area contributed by atoms with Crippen molar-refractivity contribution in [2.75, 3.05) is 0 Å². The van der Waals surface area contributed by atoms with Crippen LogP contribution in [-0.2, 0) is 10.8 Å². The number of rotatable bonds is 2. The summed E-state index contributed by atoms with van der Waals surface area (Å²) >= 11 is 4.83. The van der Waals surface area contributed by atoms with E-state index in [1.165, 1.54) is 15.9 Å². The van der Waals surface area contributed by atoms with Crippen LogP contribution in [0.4, 0.5) is 0 Å². The van der Waals surface area contributed by atoms with Gasteiger partial charge in [-0.1, -0.05) is 80.9 Å². The van der Waals surface area contributed by atoms with Crippen LogP contribution in [0.1, 0.15) is 58.2 Å². The summed E-state index contributed by atoms with van der Waals surface area (Å²) in [7, 11) is 0. The average molecular weight is 512 g/mol. The van der Waals surface area contributed by atoms with Crippen LogP contribution in [0.25, 0.3) is 22.4 Å². The Bertz CT molecular complexity index is 1400. The molecule has 0 saturated heterocycles. The van der Waals surface area contributed by atoms with Gasteiger partial charge in [0, 0.05) is 21.2 Å². The Morgan fingerprint density at radius 3 is 2.16 bits per heavy atom. The molecule has 0 amide bonds. The molecule has 166 valence electrons. The highest BCUT2D eigenvalue weighted by atomic mass is 79.9. The summed E-state index contributed by atoms with van der Waals surface area (Å²) in [5.41, 5.74) is 2.77. The second-order valence-corrected chi connectivity index (χ2v) is 11.9. The minimum Gasteiger partial charge on any atom is -0.507 e. The first-order valence-corrected chi connectivity index (χ1v) is 12.0. The van der Waals surface area contributed by atoms with Crippen molar-refractivity contribution in [1.29, 1.82) is 0 Å². The van der Waals surface area contributed by atoms with Crippen molar-refractivity contribution < 1.29 is 5.11 Å². The van der Waals surface area contributed by atoms with Crippen LogP contribution >= 0.6 is 27.3 Å². The van der Waals surface area contributed by atoms with E-state index in [-0.39, 0.29) is 16.4 Å². The number of fused-ring (bicyclic) bond motifs is 1. The first kappa shape index (κ1) is 22.7. The fourth-order valence-electron chi connectivity index (χ4n) is 3.63. The summed E-state index contributed by atoms with van der Waals surface area (Å²) in [6, 6.07) is 11.6. The van der Waals surface area contributed by atoms with Crippen molar-refractivity contribution in [2.45, 2.75) is 52.4 Å². The van der Waals surface area contributed by atoms with Crippen LogP contribution in [0.5, 0.6) is 5.75 Å². The predicted molar refractivity (Wildman–Crippen MR) is 135 cm³/mol. The zero-order chi connectivity index (χ0) is 23.4. The number of aromatic nitrogens is 3. The van der Waals surface area contributed by atoms with Gasteiger partial charge in [0.25, 0.3) is 5.56 Å². The number of nitrogens with zero attached hydrogens (tertiary/aromatic N) is 3. The summed E-state index contributed by atoms with van der Waals surface area (Å²) in [5, 5.41) is 15.4. The van der Waals surface area contributed by atoms with Gasteiger partial charge in [0.15, 0.2) is 5.82 Å². The van der Waals surface area contributed by atoms with Crippen molar-refractivity contribution in [2.24, 2.45) is 0 Å². The summed E-state index contributed by atoms with van der Waals surface area (Å²) in [4.78, 5) is 18.2. The molecule has 0 aliphatic heterocycles. The van der Waals surface area contributed by atoms with Crippen LogP contribution in [0.15, 0.2) is 45.7 Å². The van der Waals surface area contributed by atoms with E-state index in [2.05, 4.69) is 67.6 Å². The molecule has 0 radical (unpaired) electrons. The van der Waals surface area contributed by atoms with E-state index in [9.17, 15) is 9.90 Å². The molecule has 7 heteroatoms. The zero-order valence-electron chi connectivity index (χ0n) is 19.0. The third kappa shape index (κ3) is 4.11. The van der Waals surface area contributed by atoms with E-state index in [4.69, 9.17) is 0 Å². The smallest absolute Gasteiger partial charge is 0.291 e. The maximum atomic E-state index is 13.1. The number of phenolic OH excluding ortho intramolecular Hbond substituents is 1. The molecular weight excluding hydrogens is 486 g/mol. The lowest BCUT2D eigenvalue weighted by molar-refractivity contribution is 0.423. The molecule has 0 unspecified atom stereocenters. The van der Waals surface area contributed by atoms with Gasteiger partial charge in [-0.3, -0.25) is 4.79 Å². The van der Waals surface area contributed by atoms with Crippen molar-refractivity contribution in [3.8, 4) is 17.1 Å². The van der Waals surface area contributed by atoms with E-state index in [0.29, 0.717) is 21.1 Å². The molecule has 2 heterocycles. The molecule has 0 fully saturated rings. The van der Waals surface area contributed by atoms with Crippen LogP contribution < -0.4 is 10.1 Å². The van der Waals surface area contributed by atoms with Gasteiger partial charge in [0.05, 0.1) is 4.53 Å². The summed E-state index contributed by atoms with van der Waals surface area (Å²) in [5.74, 6) is 0.840. The van der Waals surface area contributed by atoms with Crippen LogP contribution in [0, 0.1) is 0 Å². The van der Waals surface area contributed by atoms with Crippen molar-refractivity contribution >= 4 is 38.3 Å². The summed E-state index contributed by atoms with van der Waals surface area (Å²) in [6.45, 7) is 12.4. The van der Waals surface area contributed by atoms with Crippen LogP contribution in [-0.4, -0.2) is 19.7 Å². The lowest BCUT2D eigenvalue weighted by atomic mass is 9.78. The largest absolute Gasteiger partial charge is 0.507 e. The number of benzene rings is 2. The molecular formula is C25H26BrN3O2S. The Morgan fingerprint density at radius 2 is 1.62 bits per heavy atom. The molecule has 0 aliphatic carbocycles. The second-order valence-electron chi connectivity index (χ2n) is 9.99. The maximum Gasteiger partial charge on any atom is 0.291 e. The fraction of sp³-hybridized carbons (Fsp3) is 0.320. The first-order chi connectivity index (χ1) is 14.9. The fourth-order valence-corrected chi connectivity index (χ4v) is 5.00. The number of hydrogen-bond donors (Lipinski definition) is 1. The molecule has 2 aromatic heterocycles. The third-order valence-electron chi connectivity index (χ3n) is 5.34. The number of hydrogen-bond acceptors (Lipinski definition) is 5. The molecule has 4 rings (SSSR count). The molecule has 0 bridgehead atoms. The molecule has 0 saturated carbocycles. The van der Waals surface area contributed by atoms with Gasteiger partial charge in [-0.05, 0) is 46.7 Å². The Morgan fingerprint density at radius 1 is 1.03 bits per heavy atom. The van der Waals surface area contributed by atoms with E-state index in [1.54, 1.807) is 0 Å². The molecule has 5 nitrogen and oxygen atoms in total. The van der Waals surface area contributed by atoms with Gasteiger partial charge in [-0.2, -0.15) is 9.50 Å². The molecule has 0 spiro atoms. The monoisotopic (exact) mass is 511 g/mol. The molecule has 0 atom stereocenters. The lowest BCUT2D eigenvalue weighted by Crippen LogP contribution is -2.24. The minimum atomic E-state index is -0.238. The average Bonchev–Trinajstić information content (AvgIpc) is 3.21. The number of thiazole rings is 1. The highest BCUT2D eigenvalue weighted by Gasteiger charge is 2.26. The molecule has 32 heavy (non-hydrogen) atoms. The summed E-state index contributed by atoms with van der Waals surface area (Å²) in [6.07, 6.45) is 1.87.